The van der Waals surface area contributed by atoms with Crippen LogP contribution in [0, 0.1) is 0 Å². The third-order valence-corrected chi connectivity index (χ3v) is 15.1. The van der Waals surface area contributed by atoms with Crippen LogP contribution in [-0.4, -0.2) is 37.2 Å². The van der Waals surface area contributed by atoms with Gasteiger partial charge in [-0.2, -0.15) is 0 Å². The molecule has 6 nitrogen and oxygen atoms in total. The summed E-state index contributed by atoms with van der Waals surface area (Å²) in [6, 6.07) is 0. The number of allylic oxidation sites excluding steroid dienone is 16. The molecular weight excluding hydrogens is 997 g/mol. The molecule has 81 heavy (non-hydrogen) atoms. The highest BCUT2D eigenvalue weighted by Gasteiger charge is 2.19. The zero-order chi connectivity index (χ0) is 58.5. The predicted octanol–water partition coefficient (Wildman–Crippen LogP) is 24.0. The molecule has 0 spiro atoms. The second kappa shape index (κ2) is 68.8. The first-order chi connectivity index (χ1) is 40.0. The molecular formula is C75H130O6. The molecule has 0 heterocycles. The number of unbranched alkanes of at least 4 members (excludes halogenated alkanes) is 36. The molecule has 1 atom stereocenters. The van der Waals surface area contributed by atoms with Crippen molar-refractivity contribution in [1.29, 1.82) is 0 Å². The first-order valence-corrected chi connectivity index (χ1v) is 34.7. The minimum atomic E-state index is -0.787. The van der Waals surface area contributed by atoms with E-state index in [-0.39, 0.29) is 31.1 Å². The zero-order valence-corrected chi connectivity index (χ0v) is 53.5. The van der Waals surface area contributed by atoms with Gasteiger partial charge in [-0.05, 0) is 116 Å². The standard InChI is InChI=1S/C75H130O6/c1-4-7-10-13-16-19-22-25-28-30-31-32-33-34-35-36-37-38-39-40-41-42-43-45-47-50-53-56-59-62-65-68-74(77)80-71-72(70-79-73(76)67-64-61-58-55-52-49-46-27-24-21-18-15-12-9-6-3)81-75(78)69-66-63-60-57-54-51-48-44-29-26-23-20-17-14-11-8-5-2/h7,9-10,12,16,18-19,21,25-29,31-32,46,72H,4-6,8,11,13-15,17,20,22-24,30,33-45,47-71H2,1-3H3/b10-7-,12-9-,19-16-,21-18-,28-25-,29-26-,32-31-,46-27-. The van der Waals surface area contributed by atoms with Crippen LogP contribution in [0.5, 0.6) is 0 Å². The van der Waals surface area contributed by atoms with Crippen LogP contribution in [-0.2, 0) is 28.6 Å². The van der Waals surface area contributed by atoms with Crippen LogP contribution >= 0.6 is 0 Å². The highest BCUT2D eigenvalue weighted by Crippen LogP contribution is 2.17. The number of carbonyl (C=O) groups excluding carboxylic acids is 3. The molecule has 0 aromatic heterocycles. The molecule has 0 bridgehead atoms. The van der Waals surface area contributed by atoms with Gasteiger partial charge in [0.2, 0.25) is 0 Å². The Morgan fingerprint density at radius 3 is 0.765 bits per heavy atom. The third-order valence-electron chi connectivity index (χ3n) is 15.1. The van der Waals surface area contributed by atoms with E-state index in [1.165, 1.54) is 180 Å². The smallest absolute Gasteiger partial charge is 0.306 e. The van der Waals surface area contributed by atoms with Crippen molar-refractivity contribution >= 4 is 17.9 Å². The molecule has 0 aliphatic rings. The average molecular weight is 1130 g/mol. The molecule has 0 radical (unpaired) electrons. The van der Waals surface area contributed by atoms with Gasteiger partial charge in [0.1, 0.15) is 13.2 Å². The van der Waals surface area contributed by atoms with Gasteiger partial charge in [0.25, 0.3) is 0 Å². The molecule has 0 aliphatic carbocycles. The molecule has 0 rings (SSSR count). The van der Waals surface area contributed by atoms with Crippen LogP contribution in [0.2, 0.25) is 0 Å². The summed E-state index contributed by atoms with van der Waals surface area (Å²) >= 11 is 0. The highest BCUT2D eigenvalue weighted by atomic mass is 16.6. The lowest BCUT2D eigenvalue weighted by molar-refractivity contribution is -0.167. The third kappa shape index (κ3) is 67.0. The predicted molar refractivity (Wildman–Crippen MR) is 353 cm³/mol. The van der Waals surface area contributed by atoms with Gasteiger partial charge in [-0.1, -0.05) is 304 Å². The van der Waals surface area contributed by atoms with Crippen LogP contribution in [0.15, 0.2) is 97.2 Å². The summed E-state index contributed by atoms with van der Waals surface area (Å²) in [7, 11) is 0. The minimum Gasteiger partial charge on any atom is -0.462 e. The van der Waals surface area contributed by atoms with Crippen LogP contribution in [0.1, 0.15) is 342 Å². The van der Waals surface area contributed by atoms with Gasteiger partial charge in [-0.3, -0.25) is 14.4 Å². The van der Waals surface area contributed by atoms with E-state index in [1.54, 1.807) is 0 Å². The fourth-order valence-electron chi connectivity index (χ4n) is 9.92. The molecule has 466 valence electrons. The minimum absolute atomic E-state index is 0.0816. The van der Waals surface area contributed by atoms with Gasteiger partial charge in [-0.25, -0.2) is 0 Å². The summed E-state index contributed by atoms with van der Waals surface area (Å²) in [5.41, 5.74) is 0. The average Bonchev–Trinajstić information content (AvgIpc) is 3.47. The van der Waals surface area contributed by atoms with Crippen molar-refractivity contribution in [3.63, 3.8) is 0 Å². The fourth-order valence-corrected chi connectivity index (χ4v) is 9.92. The molecule has 0 fully saturated rings. The molecule has 0 aliphatic heterocycles. The molecule has 0 saturated heterocycles. The molecule has 1 unspecified atom stereocenters. The van der Waals surface area contributed by atoms with Gasteiger partial charge < -0.3 is 14.2 Å². The number of hydrogen-bond acceptors (Lipinski definition) is 6. The lowest BCUT2D eigenvalue weighted by Crippen LogP contribution is -2.30. The van der Waals surface area contributed by atoms with E-state index < -0.39 is 6.10 Å². The van der Waals surface area contributed by atoms with E-state index in [2.05, 4.69) is 118 Å². The number of esters is 3. The zero-order valence-electron chi connectivity index (χ0n) is 53.5. The van der Waals surface area contributed by atoms with Crippen molar-refractivity contribution in [2.45, 2.75) is 348 Å². The van der Waals surface area contributed by atoms with Crippen LogP contribution in [0.25, 0.3) is 0 Å². The van der Waals surface area contributed by atoms with Gasteiger partial charge >= 0.3 is 17.9 Å². The van der Waals surface area contributed by atoms with Gasteiger partial charge in [-0.15, -0.1) is 0 Å². The number of carbonyl (C=O) groups is 3. The van der Waals surface area contributed by atoms with Gasteiger partial charge in [0, 0.05) is 19.3 Å². The van der Waals surface area contributed by atoms with Crippen LogP contribution in [0.3, 0.4) is 0 Å². The Morgan fingerprint density at radius 1 is 0.259 bits per heavy atom. The molecule has 0 N–H and O–H groups in total. The fraction of sp³-hybridized carbons (Fsp3) is 0.747. The highest BCUT2D eigenvalue weighted by molar-refractivity contribution is 5.71. The topological polar surface area (TPSA) is 78.9 Å². The Balaban J connectivity index is 4.22. The van der Waals surface area contributed by atoms with E-state index in [4.69, 9.17) is 14.2 Å². The van der Waals surface area contributed by atoms with Crippen molar-refractivity contribution in [2.75, 3.05) is 13.2 Å². The Bertz CT molecular complexity index is 1580. The van der Waals surface area contributed by atoms with E-state index in [0.29, 0.717) is 19.3 Å². The van der Waals surface area contributed by atoms with Gasteiger partial charge in [0.05, 0.1) is 0 Å². The Morgan fingerprint density at radius 2 is 0.481 bits per heavy atom. The van der Waals surface area contributed by atoms with Gasteiger partial charge in [0.15, 0.2) is 6.10 Å². The number of ether oxygens (including phenoxy) is 3. The summed E-state index contributed by atoms with van der Waals surface area (Å²) in [4.78, 5) is 38.4. The lowest BCUT2D eigenvalue weighted by Gasteiger charge is -2.18. The quantitative estimate of drug-likeness (QED) is 0.0261. The SMILES string of the molecule is CC/C=C\C/C=C\C/C=C\C/C=C\CCCCCCCCCCCCCCCCCCCCC(=O)OCC(COC(=O)CCCCCCC/C=C\C/C=C\C/C=C\CC)OC(=O)CCCCCCCCC/C=C\CCCCCCCC. The van der Waals surface area contributed by atoms with E-state index in [0.717, 1.165) is 122 Å². The molecule has 0 aromatic rings. The maximum Gasteiger partial charge on any atom is 0.306 e. The number of rotatable bonds is 63. The molecule has 0 aromatic carbocycles. The first-order valence-electron chi connectivity index (χ1n) is 34.7. The maximum absolute atomic E-state index is 12.9. The monoisotopic (exact) mass is 1130 g/mol. The Kier molecular flexibility index (Phi) is 65.7. The van der Waals surface area contributed by atoms with E-state index in [1.807, 2.05) is 0 Å². The van der Waals surface area contributed by atoms with Crippen LogP contribution < -0.4 is 0 Å². The normalized spacial score (nSPS) is 12.7. The largest absolute Gasteiger partial charge is 0.462 e. The van der Waals surface area contributed by atoms with Crippen molar-refractivity contribution in [1.82, 2.24) is 0 Å². The van der Waals surface area contributed by atoms with Crippen LogP contribution in [0.4, 0.5) is 0 Å². The molecule has 0 saturated carbocycles. The van der Waals surface area contributed by atoms with Crippen molar-refractivity contribution < 1.29 is 28.6 Å². The summed E-state index contributed by atoms with van der Waals surface area (Å²) in [5.74, 6) is -0.888. The van der Waals surface area contributed by atoms with Crippen molar-refractivity contribution in [3.05, 3.63) is 97.2 Å². The summed E-state index contributed by atoms with van der Waals surface area (Å²) < 4.78 is 17.0. The lowest BCUT2D eigenvalue weighted by atomic mass is 10.0. The Hall–Kier alpha value is -3.67. The van der Waals surface area contributed by atoms with E-state index in [9.17, 15) is 14.4 Å². The van der Waals surface area contributed by atoms with Crippen molar-refractivity contribution in [3.8, 4) is 0 Å². The van der Waals surface area contributed by atoms with E-state index >= 15 is 0 Å². The second-order valence-electron chi connectivity index (χ2n) is 23.0. The summed E-state index contributed by atoms with van der Waals surface area (Å²) in [6.45, 7) is 6.43. The molecule has 0 amide bonds. The summed E-state index contributed by atoms with van der Waals surface area (Å²) in [5, 5.41) is 0. The van der Waals surface area contributed by atoms with Crippen molar-refractivity contribution in [2.24, 2.45) is 0 Å². The number of hydrogen-bond donors (Lipinski definition) is 0. The maximum atomic E-state index is 12.9. The first kappa shape index (κ1) is 77.3. The second-order valence-corrected chi connectivity index (χ2v) is 23.0. The molecule has 6 heteroatoms. The summed E-state index contributed by atoms with van der Waals surface area (Å²) in [6.07, 6.45) is 92.9. The Labute approximate surface area is 502 Å².